The summed E-state index contributed by atoms with van der Waals surface area (Å²) in [5.41, 5.74) is -0.514. The monoisotopic (exact) mass is 322 g/mol. The first-order valence-electron chi connectivity index (χ1n) is 5.15. The average molecular weight is 323 g/mol. The summed E-state index contributed by atoms with van der Waals surface area (Å²) in [6.07, 6.45) is 1.45. The highest BCUT2D eigenvalue weighted by molar-refractivity contribution is 7.17. The normalized spacial score (nSPS) is 17.6. The zero-order chi connectivity index (χ0) is 14.2. The van der Waals surface area contributed by atoms with Gasteiger partial charge < -0.3 is 9.74 Å². The molecule has 0 saturated carbocycles. The summed E-state index contributed by atoms with van der Waals surface area (Å²) in [7, 11) is 3.78. The van der Waals surface area contributed by atoms with Gasteiger partial charge in [-0.3, -0.25) is 0 Å². The number of rotatable bonds is 3. The van der Waals surface area contributed by atoms with Gasteiger partial charge in [-0.25, -0.2) is 9.18 Å². The van der Waals surface area contributed by atoms with Gasteiger partial charge in [0.25, 0.3) is 0 Å². The van der Waals surface area contributed by atoms with Gasteiger partial charge >= 0.3 is 10.6 Å². The van der Waals surface area contributed by atoms with E-state index in [4.69, 9.17) is 23.2 Å². The largest absolute Gasteiger partial charge is 0.370 e. The van der Waals surface area contributed by atoms with Crippen LogP contribution in [0.4, 0.5) is 9.39 Å². The fourth-order valence-electron chi connectivity index (χ4n) is 1.42. The summed E-state index contributed by atoms with van der Waals surface area (Å²) in [5.74, 6) is -0.780. The number of hydrogen-bond acceptors (Lipinski definition) is 5. The summed E-state index contributed by atoms with van der Waals surface area (Å²) >= 11 is 12.0. The summed E-state index contributed by atoms with van der Waals surface area (Å²) in [6, 6.07) is 3.66. The van der Waals surface area contributed by atoms with Crippen molar-refractivity contribution in [2.75, 3.05) is 19.0 Å². The number of oxime groups is 1. The Hall–Kier alpha value is -1.11. The van der Waals surface area contributed by atoms with Crippen molar-refractivity contribution in [1.82, 2.24) is 0 Å². The fourth-order valence-corrected chi connectivity index (χ4v) is 2.56. The van der Waals surface area contributed by atoms with E-state index in [-0.39, 0.29) is 5.57 Å². The maximum Gasteiger partial charge on any atom is 0.367 e. The third kappa shape index (κ3) is 3.08. The van der Waals surface area contributed by atoms with Gasteiger partial charge in [0.15, 0.2) is 5.71 Å². The van der Waals surface area contributed by atoms with E-state index in [1.165, 1.54) is 17.4 Å². The molecule has 19 heavy (non-hydrogen) atoms. The SMILES string of the molecule is CN(C)c1ccc(C=C2C(=O)ON=C2C(F)(Cl)Cl)s1. The lowest BCUT2D eigenvalue weighted by Gasteiger charge is -2.07. The number of carbonyl (C=O) groups is 1. The minimum Gasteiger partial charge on any atom is -0.370 e. The van der Waals surface area contributed by atoms with Crippen molar-refractivity contribution in [3.63, 3.8) is 0 Å². The van der Waals surface area contributed by atoms with Crippen LogP contribution in [0.5, 0.6) is 0 Å². The predicted molar refractivity (Wildman–Crippen MR) is 75.7 cm³/mol. The van der Waals surface area contributed by atoms with Crippen LogP contribution in [0.3, 0.4) is 0 Å². The quantitative estimate of drug-likeness (QED) is 0.487. The van der Waals surface area contributed by atoms with E-state index in [1.54, 1.807) is 6.07 Å². The number of halogens is 3. The highest BCUT2D eigenvalue weighted by Crippen LogP contribution is 2.34. The molecule has 0 unspecified atom stereocenters. The Kier molecular flexibility index (Phi) is 3.85. The molecule has 0 spiro atoms. The maximum absolute atomic E-state index is 13.5. The first kappa shape index (κ1) is 14.3. The molecule has 1 aliphatic heterocycles. The van der Waals surface area contributed by atoms with Crippen LogP contribution in [-0.2, 0) is 9.63 Å². The smallest absolute Gasteiger partial charge is 0.367 e. The first-order chi connectivity index (χ1) is 8.79. The molecule has 1 aromatic rings. The molecule has 0 aliphatic carbocycles. The number of nitrogens with zero attached hydrogens (tertiary/aromatic N) is 2. The minimum absolute atomic E-state index is 0.0837. The Morgan fingerprint density at radius 3 is 2.68 bits per heavy atom. The van der Waals surface area contributed by atoms with Crippen LogP contribution in [-0.4, -0.2) is 30.4 Å². The minimum atomic E-state index is -2.76. The second-order valence-electron chi connectivity index (χ2n) is 3.94. The molecule has 1 aliphatic rings. The Morgan fingerprint density at radius 1 is 1.47 bits per heavy atom. The maximum atomic E-state index is 13.5. The van der Waals surface area contributed by atoms with E-state index in [0.29, 0.717) is 0 Å². The van der Waals surface area contributed by atoms with Gasteiger partial charge in [-0.1, -0.05) is 28.4 Å². The first-order valence-corrected chi connectivity index (χ1v) is 6.72. The molecule has 0 amide bonds. The van der Waals surface area contributed by atoms with Crippen molar-refractivity contribution in [3.05, 3.63) is 22.6 Å². The summed E-state index contributed by atoms with van der Waals surface area (Å²) < 4.78 is 10.7. The number of hydrogen-bond donors (Lipinski definition) is 0. The van der Waals surface area contributed by atoms with Crippen molar-refractivity contribution in [2.45, 2.75) is 4.59 Å². The van der Waals surface area contributed by atoms with Gasteiger partial charge in [-0.05, 0) is 18.2 Å². The second kappa shape index (κ2) is 5.11. The molecule has 1 aromatic heterocycles. The van der Waals surface area contributed by atoms with Gasteiger partial charge in [0, 0.05) is 19.0 Å². The van der Waals surface area contributed by atoms with E-state index in [1.807, 2.05) is 25.1 Å². The molecule has 8 heteroatoms. The van der Waals surface area contributed by atoms with Crippen LogP contribution >= 0.6 is 34.5 Å². The van der Waals surface area contributed by atoms with Crippen LogP contribution in [0.2, 0.25) is 0 Å². The number of carbonyl (C=O) groups excluding carboxylic acids is 1. The van der Waals surface area contributed by atoms with E-state index in [9.17, 15) is 9.18 Å². The molecule has 2 rings (SSSR count). The highest BCUT2D eigenvalue weighted by atomic mass is 35.5. The molecule has 0 radical (unpaired) electrons. The van der Waals surface area contributed by atoms with Gasteiger partial charge in [0.1, 0.15) is 0 Å². The lowest BCUT2D eigenvalue weighted by molar-refractivity contribution is -0.136. The van der Waals surface area contributed by atoms with Crippen LogP contribution in [0.15, 0.2) is 22.9 Å². The van der Waals surface area contributed by atoms with Gasteiger partial charge in [0.2, 0.25) is 0 Å². The second-order valence-corrected chi connectivity index (χ2v) is 6.27. The molecule has 102 valence electrons. The molecular weight excluding hydrogens is 314 g/mol. The zero-order valence-electron chi connectivity index (χ0n) is 9.99. The average Bonchev–Trinajstić information content (AvgIpc) is 2.86. The van der Waals surface area contributed by atoms with Crippen molar-refractivity contribution in [3.8, 4) is 0 Å². The van der Waals surface area contributed by atoms with Crippen LogP contribution < -0.4 is 4.90 Å². The molecule has 0 saturated heterocycles. The van der Waals surface area contributed by atoms with Gasteiger partial charge in [-0.15, -0.1) is 11.3 Å². The Labute approximate surface area is 123 Å². The molecule has 0 bridgehead atoms. The Bertz CT molecular complexity index is 575. The summed E-state index contributed by atoms with van der Waals surface area (Å²) in [6.45, 7) is 0. The van der Waals surface area contributed by atoms with Crippen molar-refractivity contribution in [1.29, 1.82) is 0 Å². The van der Waals surface area contributed by atoms with Crippen LogP contribution in [0.25, 0.3) is 6.08 Å². The molecule has 0 atom stereocenters. The van der Waals surface area contributed by atoms with Crippen molar-refractivity contribution < 1.29 is 14.0 Å². The topological polar surface area (TPSA) is 41.9 Å². The van der Waals surface area contributed by atoms with Crippen molar-refractivity contribution >= 4 is 57.3 Å². The lowest BCUT2D eigenvalue weighted by atomic mass is 10.1. The van der Waals surface area contributed by atoms with E-state index in [2.05, 4.69) is 9.99 Å². The van der Waals surface area contributed by atoms with E-state index >= 15 is 0 Å². The Balaban J connectivity index is 2.35. The Morgan fingerprint density at radius 2 is 2.16 bits per heavy atom. The molecule has 0 aromatic carbocycles. The third-order valence-electron chi connectivity index (χ3n) is 2.30. The number of alkyl halides is 3. The highest BCUT2D eigenvalue weighted by Gasteiger charge is 2.41. The number of anilines is 1. The molecular formula is C11H9Cl2FN2O2S. The van der Waals surface area contributed by atoms with Gasteiger partial charge in [-0.2, -0.15) is 0 Å². The number of thiophene rings is 1. The summed E-state index contributed by atoms with van der Waals surface area (Å²) in [4.78, 5) is 18.5. The fraction of sp³-hybridized carbons (Fsp3) is 0.273. The van der Waals surface area contributed by atoms with Gasteiger partial charge in [0.05, 0.1) is 10.6 Å². The molecule has 0 N–H and O–H groups in total. The lowest BCUT2D eigenvalue weighted by Crippen LogP contribution is -2.21. The van der Waals surface area contributed by atoms with E-state index in [0.717, 1.165) is 9.88 Å². The summed E-state index contributed by atoms with van der Waals surface area (Å²) in [5, 5.41) is 4.25. The molecule has 2 heterocycles. The molecule has 4 nitrogen and oxygen atoms in total. The molecule has 0 fully saturated rings. The predicted octanol–water partition coefficient (Wildman–Crippen LogP) is 3.21. The van der Waals surface area contributed by atoms with E-state index < -0.39 is 16.3 Å². The van der Waals surface area contributed by atoms with Crippen LogP contribution in [0.1, 0.15) is 4.88 Å². The zero-order valence-corrected chi connectivity index (χ0v) is 12.3. The van der Waals surface area contributed by atoms with Crippen LogP contribution in [0, 0.1) is 0 Å². The van der Waals surface area contributed by atoms with Crippen molar-refractivity contribution in [2.24, 2.45) is 5.16 Å². The standard InChI is InChI=1S/C11H9Cl2FN2O2S/c1-16(2)8-4-3-6(19-8)5-7-9(11(12,13)14)15-18-10(7)17/h3-5H,1-2H3. The third-order valence-corrected chi connectivity index (χ3v) is 3.86.